The number of rotatable bonds is 3. The fourth-order valence-corrected chi connectivity index (χ4v) is 1.70. The molecule has 0 amide bonds. The Balaban J connectivity index is 2.85. The van der Waals surface area contributed by atoms with E-state index in [0.717, 1.165) is 5.01 Å². The fraction of sp³-hybridized carbons (Fsp3) is 0.625. The van der Waals surface area contributed by atoms with E-state index in [9.17, 15) is 0 Å². The lowest BCUT2D eigenvalue weighted by atomic mass is 9.98. The molecule has 0 aliphatic rings. The molecule has 2 atom stereocenters. The molecule has 0 radical (unpaired) electrons. The predicted octanol–water partition coefficient (Wildman–Crippen LogP) is 1.35. The van der Waals surface area contributed by atoms with E-state index >= 15 is 0 Å². The lowest BCUT2D eigenvalue weighted by Crippen LogP contribution is -2.44. The number of hydrogen-bond acceptors (Lipinski definition) is 4. The van der Waals surface area contributed by atoms with Crippen LogP contribution in [0.15, 0.2) is 11.6 Å². The van der Waals surface area contributed by atoms with Crippen LogP contribution in [0.1, 0.15) is 18.9 Å². The molecule has 0 aliphatic carbocycles. The van der Waals surface area contributed by atoms with E-state index in [1.54, 1.807) is 24.6 Å². The Morgan fingerprint density at radius 2 is 2.42 bits per heavy atom. The zero-order chi connectivity index (χ0) is 9.19. The minimum absolute atomic E-state index is 0.0244. The smallest absolute Gasteiger partial charge is 0.115 e. The van der Waals surface area contributed by atoms with Crippen LogP contribution >= 0.6 is 11.3 Å². The molecule has 0 aliphatic heterocycles. The minimum atomic E-state index is -0.483. The molecule has 3 nitrogen and oxygen atoms in total. The summed E-state index contributed by atoms with van der Waals surface area (Å²) in [6.45, 7) is 3.88. The third kappa shape index (κ3) is 1.65. The molecule has 0 saturated carbocycles. The molecule has 2 unspecified atom stereocenters. The van der Waals surface area contributed by atoms with Crippen molar-refractivity contribution in [3.8, 4) is 0 Å². The van der Waals surface area contributed by atoms with Gasteiger partial charge in [0.1, 0.15) is 5.01 Å². The number of hydrogen-bond donors (Lipinski definition) is 1. The summed E-state index contributed by atoms with van der Waals surface area (Å²) in [6.07, 6.45) is 1.73. The van der Waals surface area contributed by atoms with Gasteiger partial charge < -0.3 is 10.5 Å². The molecule has 0 spiro atoms. The third-order valence-electron chi connectivity index (χ3n) is 2.09. The van der Waals surface area contributed by atoms with Crippen molar-refractivity contribution in [2.24, 2.45) is 5.73 Å². The van der Waals surface area contributed by atoms with Crippen molar-refractivity contribution in [3.05, 3.63) is 16.6 Å². The maximum absolute atomic E-state index is 6.06. The van der Waals surface area contributed by atoms with Crippen molar-refractivity contribution in [1.82, 2.24) is 4.98 Å². The van der Waals surface area contributed by atoms with E-state index in [1.165, 1.54) is 0 Å². The molecule has 1 heterocycles. The standard InChI is InChI=1S/C8H14N2OS/c1-6(11-3)8(2,9)7-10-4-5-12-7/h4-6H,9H2,1-3H3. The highest BCUT2D eigenvalue weighted by molar-refractivity contribution is 7.09. The number of nitrogens with two attached hydrogens (primary N) is 1. The van der Waals surface area contributed by atoms with E-state index in [4.69, 9.17) is 10.5 Å². The average Bonchev–Trinajstić information content (AvgIpc) is 2.55. The van der Waals surface area contributed by atoms with E-state index in [0.29, 0.717) is 0 Å². The number of thiazole rings is 1. The molecule has 0 fully saturated rings. The lowest BCUT2D eigenvalue weighted by molar-refractivity contribution is 0.0553. The summed E-state index contributed by atoms with van der Waals surface area (Å²) in [4.78, 5) is 4.17. The van der Waals surface area contributed by atoms with Gasteiger partial charge in [-0.05, 0) is 13.8 Å². The molecule has 4 heteroatoms. The van der Waals surface area contributed by atoms with Gasteiger partial charge in [-0.2, -0.15) is 0 Å². The normalized spacial score (nSPS) is 18.7. The second-order valence-corrected chi connectivity index (χ2v) is 3.89. The summed E-state index contributed by atoms with van der Waals surface area (Å²) in [5.74, 6) is 0. The van der Waals surface area contributed by atoms with Crippen molar-refractivity contribution < 1.29 is 4.74 Å². The SMILES string of the molecule is COC(C)C(C)(N)c1nccs1. The molecular formula is C8H14N2OS. The Morgan fingerprint density at radius 3 is 2.83 bits per heavy atom. The molecule has 0 aromatic carbocycles. The predicted molar refractivity (Wildman–Crippen MR) is 50.1 cm³/mol. The van der Waals surface area contributed by atoms with Crippen LogP contribution in [0.3, 0.4) is 0 Å². The quantitative estimate of drug-likeness (QED) is 0.775. The topological polar surface area (TPSA) is 48.1 Å². The zero-order valence-electron chi connectivity index (χ0n) is 7.57. The van der Waals surface area contributed by atoms with E-state index in [2.05, 4.69) is 4.98 Å². The number of aromatic nitrogens is 1. The van der Waals surface area contributed by atoms with Gasteiger partial charge in [0.15, 0.2) is 0 Å². The first-order valence-electron chi connectivity index (χ1n) is 3.80. The summed E-state index contributed by atoms with van der Waals surface area (Å²) >= 11 is 1.56. The van der Waals surface area contributed by atoms with Crippen LogP contribution < -0.4 is 5.73 Å². The van der Waals surface area contributed by atoms with Gasteiger partial charge in [-0.1, -0.05) is 0 Å². The van der Waals surface area contributed by atoms with Gasteiger partial charge in [0.2, 0.25) is 0 Å². The van der Waals surface area contributed by atoms with E-state index in [1.807, 2.05) is 19.2 Å². The molecule has 2 N–H and O–H groups in total. The van der Waals surface area contributed by atoms with Crippen molar-refractivity contribution in [1.29, 1.82) is 0 Å². The molecule has 1 rings (SSSR count). The van der Waals surface area contributed by atoms with Gasteiger partial charge >= 0.3 is 0 Å². The first-order valence-corrected chi connectivity index (χ1v) is 4.68. The first-order chi connectivity index (χ1) is 5.59. The summed E-state index contributed by atoms with van der Waals surface area (Å²) in [6, 6.07) is 0. The molecule has 0 bridgehead atoms. The van der Waals surface area contributed by atoms with Crippen LogP contribution in [0.2, 0.25) is 0 Å². The van der Waals surface area contributed by atoms with Crippen LogP contribution in [-0.2, 0) is 10.3 Å². The Kier molecular flexibility index (Phi) is 2.82. The van der Waals surface area contributed by atoms with Crippen molar-refractivity contribution in [3.63, 3.8) is 0 Å². The van der Waals surface area contributed by atoms with Crippen molar-refractivity contribution in [2.45, 2.75) is 25.5 Å². The van der Waals surface area contributed by atoms with Crippen LogP contribution in [0.5, 0.6) is 0 Å². The Labute approximate surface area is 76.6 Å². The summed E-state index contributed by atoms with van der Waals surface area (Å²) in [5, 5.41) is 2.83. The molecule has 1 aromatic heterocycles. The van der Waals surface area contributed by atoms with Crippen LogP contribution in [0.25, 0.3) is 0 Å². The summed E-state index contributed by atoms with van der Waals surface area (Å²) < 4.78 is 5.18. The van der Waals surface area contributed by atoms with Gasteiger partial charge in [0, 0.05) is 18.7 Å². The molecule has 1 aromatic rings. The highest BCUT2D eigenvalue weighted by Gasteiger charge is 2.30. The summed E-state index contributed by atoms with van der Waals surface area (Å²) in [5.41, 5.74) is 5.58. The number of ether oxygens (including phenoxy) is 1. The zero-order valence-corrected chi connectivity index (χ0v) is 8.39. The highest BCUT2D eigenvalue weighted by Crippen LogP contribution is 2.24. The molecule has 0 saturated heterocycles. The maximum Gasteiger partial charge on any atom is 0.115 e. The van der Waals surface area contributed by atoms with Crippen LogP contribution in [-0.4, -0.2) is 18.2 Å². The van der Waals surface area contributed by atoms with Crippen molar-refractivity contribution in [2.75, 3.05) is 7.11 Å². The second-order valence-electron chi connectivity index (χ2n) is 3.00. The van der Waals surface area contributed by atoms with Crippen LogP contribution in [0.4, 0.5) is 0 Å². The minimum Gasteiger partial charge on any atom is -0.379 e. The van der Waals surface area contributed by atoms with Gasteiger partial charge in [-0.15, -0.1) is 11.3 Å². The van der Waals surface area contributed by atoms with Gasteiger partial charge in [0.05, 0.1) is 11.6 Å². The Hall–Kier alpha value is -0.450. The van der Waals surface area contributed by atoms with Crippen LogP contribution in [0, 0.1) is 0 Å². The molecule has 68 valence electrons. The third-order valence-corrected chi connectivity index (χ3v) is 3.12. The number of methoxy groups -OCH3 is 1. The summed E-state index contributed by atoms with van der Waals surface area (Å²) in [7, 11) is 1.66. The second kappa shape index (κ2) is 3.51. The molecular weight excluding hydrogens is 172 g/mol. The average molecular weight is 186 g/mol. The van der Waals surface area contributed by atoms with E-state index in [-0.39, 0.29) is 6.10 Å². The monoisotopic (exact) mass is 186 g/mol. The van der Waals surface area contributed by atoms with Gasteiger partial charge in [-0.25, -0.2) is 4.98 Å². The highest BCUT2D eigenvalue weighted by atomic mass is 32.1. The lowest BCUT2D eigenvalue weighted by Gasteiger charge is -2.28. The molecule has 12 heavy (non-hydrogen) atoms. The number of nitrogens with zero attached hydrogens (tertiary/aromatic N) is 1. The Bertz CT molecular complexity index is 233. The van der Waals surface area contributed by atoms with Gasteiger partial charge in [-0.3, -0.25) is 0 Å². The largest absolute Gasteiger partial charge is 0.379 e. The first kappa shape index (κ1) is 9.64. The van der Waals surface area contributed by atoms with Crippen molar-refractivity contribution >= 4 is 11.3 Å². The van der Waals surface area contributed by atoms with Gasteiger partial charge in [0.25, 0.3) is 0 Å². The van der Waals surface area contributed by atoms with E-state index < -0.39 is 5.54 Å². The Morgan fingerprint density at radius 1 is 1.75 bits per heavy atom. The maximum atomic E-state index is 6.06. The fourth-order valence-electron chi connectivity index (χ4n) is 0.908.